The van der Waals surface area contributed by atoms with Crippen LogP contribution in [0, 0.1) is 5.92 Å². The first-order valence-electron chi connectivity index (χ1n) is 6.09. The van der Waals surface area contributed by atoms with Crippen molar-refractivity contribution in [3.8, 4) is 0 Å². The second kappa shape index (κ2) is 6.33. The highest BCUT2D eigenvalue weighted by molar-refractivity contribution is 7.09. The van der Waals surface area contributed by atoms with Crippen LogP contribution in [0.3, 0.4) is 0 Å². The number of likely N-dealkylation sites (N-methyl/N-ethyl adjacent to an activating group) is 1. The van der Waals surface area contributed by atoms with Crippen LogP contribution in [0.2, 0.25) is 0 Å². The van der Waals surface area contributed by atoms with E-state index in [9.17, 15) is 0 Å². The maximum atomic E-state index is 5.57. The Balaban J connectivity index is 1.92. The molecule has 0 bridgehead atoms. The zero-order valence-electron chi connectivity index (χ0n) is 9.82. The summed E-state index contributed by atoms with van der Waals surface area (Å²) >= 11 is 1.75. The molecule has 1 aromatic rings. The first-order chi connectivity index (χ1) is 7.90. The topological polar surface area (TPSA) is 34.2 Å². The minimum absolute atomic E-state index is 0.524. The SMILES string of the molecule is CCNC(Cc1nccs1)C1CCCOC1. The molecule has 3 nitrogen and oxygen atoms in total. The smallest absolute Gasteiger partial charge is 0.0940 e. The number of nitrogens with zero attached hydrogens (tertiary/aromatic N) is 1. The molecule has 90 valence electrons. The van der Waals surface area contributed by atoms with E-state index < -0.39 is 0 Å². The molecule has 2 unspecified atom stereocenters. The third-order valence-corrected chi connectivity index (χ3v) is 3.91. The van der Waals surface area contributed by atoms with Gasteiger partial charge in [0.2, 0.25) is 0 Å². The maximum absolute atomic E-state index is 5.57. The average Bonchev–Trinajstić information content (AvgIpc) is 2.83. The number of ether oxygens (including phenoxy) is 1. The van der Waals surface area contributed by atoms with Crippen molar-refractivity contribution < 1.29 is 4.74 Å². The second-order valence-electron chi connectivity index (χ2n) is 4.27. The monoisotopic (exact) mass is 240 g/mol. The summed E-state index contributed by atoms with van der Waals surface area (Å²) in [7, 11) is 0. The molecule has 0 aromatic carbocycles. The molecule has 2 rings (SSSR count). The van der Waals surface area contributed by atoms with Gasteiger partial charge >= 0.3 is 0 Å². The summed E-state index contributed by atoms with van der Waals surface area (Å²) in [6, 6.07) is 0.524. The molecule has 1 fully saturated rings. The van der Waals surface area contributed by atoms with Crippen LogP contribution < -0.4 is 5.32 Å². The van der Waals surface area contributed by atoms with E-state index in [1.54, 1.807) is 11.3 Å². The number of aromatic nitrogens is 1. The van der Waals surface area contributed by atoms with Crippen molar-refractivity contribution >= 4 is 11.3 Å². The molecular formula is C12H20N2OS. The van der Waals surface area contributed by atoms with E-state index in [2.05, 4.69) is 22.6 Å². The number of thiazole rings is 1. The van der Waals surface area contributed by atoms with Gasteiger partial charge in [-0.05, 0) is 25.3 Å². The van der Waals surface area contributed by atoms with Crippen molar-refractivity contribution in [1.82, 2.24) is 10.3 Å². The fourth-order valence-corrected chi connectivity index (χ4v) is 2.97. The molecule has 0 radical (unpaired) electrons. The Labute approximate surface area is 101 Å². The Kier molecular flexibility index (Phi) is 4.75. The summed E-state index contributed by atoms with van der Waals surface area (Å²) < 4.78 is 5.57. The van der Waals surface area contributed by atoms with Crippen molar-refractivity contribution in [2.45, 2.75) is 32.2 Å². The van der Waals surface area contributed by atoms with Crippen LogP contribution in [0.15, 0.2) is 11.6 Å². The molecule has 0 aliphatic carbocycles. The zero-order valence-corrected chi connectivity index (χ0v) is 10.6. The summed E-state index contributed by atoms with van der Waals surface area (Å²) in [4.78, 5) is 4.37. The van der Waals surface area contributed by atoms with Crippen molar-refractivity contribution in [2.75, 3.05) is 19.8 Å². The van der Waals surface area contributed by atoms with E-state index >= 15 is 0 Å². The largest absolute Gasteiger partial charge is 0.381 e. The molecule has 2 heterocycles. The molecule has 16 heavy (non-hydrogen) atoms. The van der Waals surface area contributed by atoms with Crippen LogP contribution in [0.1, 0.15) is 24.8 Å². The number of rotatable bonds is 5. The van der Waals surface area contributed by atoms with E-state index in [1.165, 1.54) is 17.8 Å². The van der Waals surface area contributed by atoms with Gasteiger partial charge in [0, 0.05) is 30.6 Å². The molecule has 1 saturated heterocycles. The van der Waals surface area contributed by atoms with Crippen molar-refractivity contribution in [2.24, 2.45) is 5.92 Å². The lowest BCUT2D eigenvalue weighted by Gasteiger charge is -2.30. The lowest BCUT2D eigenvalue weighted by atomic mass is 9.91. The van der Waals surface area contributed by atoms with Crippen LogP contribution in [0.4, 0.5) is 0 Å². The van der Waals surface area contributed by atoms with Crippen molar-refractivity contribution in [3.05, 3.63) is 16.6 Å². The molecule has 2 atom stereocenters. The lowest BCUT2D eigenvalue weighted by molar-refractivity contribution is 0.0396. The van der Waals surface area contributed by atoms with Gasteiger partial charge in [-0.25, -0.2) is 4.98 Å². The van der Waals surface area contributed by atoms with Gasteiger partial charge in [-0.1, -0.05) is 6.92 Å². The van der Waals surface area contributed by atoms with E-state index in [0.717, 1.165) is 26.2 Å². The van der Waals surface area contributed by atoms with Gasteiger partial charge in [0.25, 0.3) is 0 Å². The first-order valence-corrected chi connectivity index (χ1v) is 6.97. The third-order valence-electron chi connectivity index (χ3n) is 3.11. The van der Waals surface area contributed by atoms with Gasteiger partial charge in [-0.15, -0.1) is 11.3 Å². The minimum Gasteiger partial charge on any atom is -0.381 e. The summed E-state index contributed by atoms with van der Waals surface area (Å²) in [5.74, 6) is 0.651. The van der Waals surface area contributed by atoms with E-state index in [1.807, 2.05) is 6.20 Å². The number of hydrogen-bond donors (Lipinski definition) is 1. The molecule has 1 aliphatic heterocycles. The molecule has 1 aromatic heterocycles. The Morgan fingerprint density at radius 2 is 2.62 bits per heavy atom. The predicted octanol–water partition coefficient (Wildman–Crippen LogP) is 2.09. The Morgan fingerprint density at radius 3 is 3.25 bits per heavy atom. The van der Waals surface area contributed by atoms with Crippen LogP contribution in [0.25, 0.3) is 0 Å². The highest BCUT2D eigenvalue weighted by atomic mass is 32.1. The van der Waals surface area contributed by atoms with Gasteiger partial charge in [-0.2, -0.15) is 0 Å². The van der Waals surface area contributed by atoms with Gasteiger partial charge in [0.1, 0.15) is 0 Å². The van der Waals surface area contributed by atoms with Crippen molar-refractivity contribution in [1.29, 1.82) is 0 Å². The van der Waals surface area contributed by atoms with Gasteiger partial charge in [-0.3, -0.25) is 0 Å². The first kappa shape index (κ1) is 12.0. The summed E-state index contributed by atoms with van der Waals surface area (Å²) in [6.45, 7) is 5.03. The molecule has 4 heteroatoms. The molecule has 1 N–H and O–H groups in total. The van der Waals surface area contributed by atoms with E-state index in [-0.39, 0.29) is 0 Å². The predicted molar refractivity (Wildman–Crippen MR) is 66.8 cm³/mol. The fourth-order valence-electron chi connectivity index (χ4n) is 2.29. The van der Waals surface area contributed by atoms with Crippen LogP contribution in [-0.4, -0.2) is 30.8 Å². The van der Waals surface area contributed by atoms with Crippen LogP contribution in [-0.2, 0) is 11.2 Å². The second-order valence-corrected chi connectivity index (χ2v) is 5.25. The standard InChI is InChI=1S/C12H20N2OS/c1-2-13-11(8-12-14-5-7-16-12)10-4-3-6-15-9-10/h5,7,10-11,13H,2-4,6,8-9H2,1H3. The molecular weight excluding hydrogens is 220 g/mol. The fraction of sp³-hybridized carbons (Fsp3) is 0.750. The van der Waals surface area contributed by atoms with Crippen molar-refractivity contribution in [3.63, 3.8) is 0 Å². The molecule has 0 saturated carbocycles. The lowest BCUT2D eigenvalue weighted by Crippen LogP contribution is -2.41. The average molecular weight is 240 g/mol. The van der Waals surface area contributed by atoms with Gasteiger partial charge < -0.3 is 10.1 Å². The van der Waals surface area contributed by atoms with Crippen LogP contribution >= 0.6 is 11.3 Å². The normalized spacial score (nSPS) is 23.2. The Bertz CT molecular complexity index is 283. The summed E-state index contributed by atoms with van der Waals surface area (Å²) in [5, 5.41) is 6.86. The van der Waals surface area contributed by atoms with Gasteiger partial charge in [0.05, 0.1) is 11.6 Å². The van der Waals surface area contributed by atoms with E-state index in [0.29, 0.717) is 12.0 Å². The third kappa shape index (κ3) is 3.27. The summed E-state index contributed by atoms with van der Waals surface area (Å²) in [5.41, 5.74) is 0. The quantitative estimate of drug-likeness (QED) is 0.855. The highest BCUT2D eigenvalue weighted by Gasteiger charge is 2.24. The zero-order chi connectivity index (χ0) is 11.2. The molecule has 0 amide bonds. The minimum atomic E-state index is 0.524. The highest BCUT2D eigenvalue weighted by Crippen LogP contribution is 2.21. The van der Waals surface area contributed by atoms with E-state index in [4.69, 9.17) is 4.74 Å². The molecule has 1 aliphatic rings. The summed E-state index contributed by atoms with van der Waals surface area (Å²) in [6.07, 6.45) is 5.41. The maximum Gasteiger partial charge on any atom is 0.0940 e. The Morgan fingerprint density at radius 1 is 1.69 bits per heavy atom. The van der Waals surface area contributed by atoms with Crippen LogP contribution in [0.5, 0.6) is 0 Å². The number of hydrogen-bond acceptors (Lipinski definition) is 4. The number of nitrogens with one attached hydrogen (secondary N) is 1. The van der Waals surface area contributed by atoms with Gasteiger partial charge in [0.15, 0.2) is 0 Å². The Hall–Kier alpha value is -0.450. The molecule has 0 spiro atoms.